The normalized spacial score (nSPS) is 12.0. The molecule has 0 aliphatic heterocycles. The van der Waals surface area contributed by atoms with Crippen molar-refractivity contribution in [1.82, 2.24) is 10.2 Å². The van der Waals surface area contributed by atoms with Gasteiger partial charge >= 0.3 is 6.18 Å². The monoisotopic (exact) mass is 312 g/mol. The summed E-state index contributed by atoms with van der Waals surface area (Å²) >= 11 is 0. The van der Waals surface area contributed by atoms with Gasteiger partial charge in [0.25, 0.3) is 0 Å². The summed E-state index contributed by atoms with van der Waals surface area (Å²) in [7, 11) is 0. The number of ether oxygens (including phenoxy) is 1. The van der Waals surface area contributed by atoms with E-state index in [4.69, 9.17) is 4.74 Å². The lowest BCUT2D eigenvalue weighted by Gasteiger charge is -2.24. The van der Waals surface area contributed by atoms with Crippen molar-refractivity contribution in [1.29, 1.82) is 0 Å². The summed E-state index contributed by atoms with van der Waals surface area (Å²) in [5.41, 5.74) is 0. The topological polar surface area (TPSA) is 41.6 Å². The molecule has 0 heterocycles. The Morgan fingerprint density at radius 2 is 1.95 bits per heavy atom. The molecule has 0 atom stereocenters. The Morgan fingerprint density at radius 3 is 2.48 bits per heavy atom. The molecule has 0 aliphatic rings. The third-order valence-corrected chi connectivity index (χ3v) is 2.76. The molecule has 0 saturated heterocycles. The van der Waals surface area contributed by atoms with E-state index in [0.29, 0.717) is 38.6 Å². The number of rotatable bonds is 11. The number of halogens is 3. The van der Waals surface area contributed by atoms with Gasteiger partial charge in [0.05, 0.1) is 0 Å². The van der Waals surface area contributed by atoms with Crippen LogP contribution >= 0.6 is 0 Å². The zero-order chi connectivity index (χ0) is 16.3. The van der Waals surface area contributed by atoms with E-state index >= 15 is 0 Å². The summed E-state index contributed by atoms with van der Waals surface area (Å²) in [5, 5.41) is 3.13. The van der Waals surface area contributed by atoms with Crippen LogP contribution in [0, 0.1) is 0 Å². The van der Waals surface area contributed by atoms with E-state index < -0.39 is 18.6 Å². The quantitative estimate of drug-likeness (QED) is 0.596. The summed E-state index contributed by atoms with van der Waals surface area (Å²) in [6.45, 7) is 6.19. The highest BCUT2D eigenvalue weighted by molar-refractivity contribution is 5.76. The van der Waals surface area contributed by atoms with Crippen LogP contribution in [0.15, 0.2) is 0 Å². The van der Waals surface area contributed by atoms with Gasteiger partial charge in [0.2, 0.25) is 5.91 Å². The van der Waals surface area contributed by atoms with Crippen LogP contribution in [-0.4, -0.2) is 55.9 Å². The van der Waals surface area contributed by atoms with Gasteiger partial charge in [0, 0.05) is 32.2 Å². The molecule has 1 amide bonds. The van der Waals surface area contributed by atoms with E-state index in [2.05, 4.69) is 5.32 Å². The first-order valence-corrected chi connectivity index (χ1v) is 7.42. The average Bonchev–Trinajstić information content (AvgIpc) is 2.36. The molecule has 0 aliphatic carbocycles. The molecule has 0 aromatic heterocycles. The zero-order valence-corrected chi connectivity index (χ0v) is 13.1. The van der Waals surface area contributed by atoms with Crippen LogP contribution < -0.4 is 5.32 Å². The van der Waals surface area contributed by atoms with Crippen LogP contribution in [0.1, 0.15) is 40.0 Å². The van der Waals surface area contributed by atoms with E-state index in [0.717, 1.165) is 4.90 Å². The number of nitrogens with one attached hydrogen (secondary N) is 1. The molecule has 4 nitrogen and oxygen atoms in total. The van der Waals surface area contributed by atoms with Gasteiger partial charge in [0.1, 0.15) is 6.54 Å². The van der Waals surface area contributed by atoms with Crippen molar-refractivity contribution in [2.24, 2.45) is 0 Å². The van der Waals surface area contributed by atoms with Gasteiger partial charge in [-0.1, -0.05) is 13.8 Å². The lowest BCUT2D eigenvalue weighted by Crippen LogP contribution is -2.40. The minimum Gasteiger partial charge on any atom is -0.382 e. The fraction of sp³-hybridized carbons (Fsp3) is 0.929. The maximum absolute atomic E-state index is 12.5. The van der Waals surface area contributed by atoms with Crippen LogP contribution in [-0.2, 0) is 9.53 Å². The number of hydrogen-bond donors (Lipinski definition) is 1. The molecule has 7 heteroatoms. The highest BCUT2D eigenvalue weighted by atomic mass is 19.4. The summed E-state index contributed by atoms with van der Waals surface area (Å²) in [5.74, 6) is -0.450. The van der Waals surface area contributed by atoms with Gasteiger partial charge in [-0.2, -0.15) is 13.2 Å². The van der Waals surface area contributed by atoms with Crippen molar-refractivity contribution in [2.45, 2.75) is 52.3 Å². The Hall–Kier alpha value is -0.820. The van der Waals surface area contributed by atoms with Gasteiger partial charge in [-0.15, -0.1) is 0 Å². The maximum Gasteiger partial charge on any atom is 0.406 e. The van der Waals surface area contributed by atoms with Gasteiger partial charge < -0.3 is 15.0 Å². The molecule has 0 unspecified atom stereocenters. The summed E-state index contributed by atoms with van der Waals surface area (Å²) < 4.78 is 42.6. The number of carbonyl (C=O) groups is 1. The minimum absolute atomic E-state index is 0.0793. The number of amides is 1. The summed E-state index contributed by atoms with van der Waals surface area (Å²) in [6.07, 6.45) is -3.28. The van der Waals surface area contributed by atoms with E-state index in [9.17, 15) is 18.0 Å². The first kappa shape index (κ1) is 20.2. The Morgan fingerprint density at radius 1 is 1.29 bits per heavy atom. The van der Waals surface area contributed by atoms with Crippen LogP contribution in [0.5, 0.6) is 0 Å². The van der Waals surface area contributed by atoms with Crippen molar-refractivity contribution in [2.75, 3.05) is 32.8 Å². The first-order valence-electron chi connectivity index (χ1n) is 7.42. The van der Waals surface area contributed by atoms with Crippen molar-refractivity contribution in [3.8, 4) is 0 Å². The Bertz CT molecular complexity index is 284. The molecule has 0 aromatic carbocycles. The number of hydrogen-bond acceptors (Lipinski definition) is 3. The third kappa shape index (κ3) is 12.6. The average molecular weight is 312 g/mol. The van der Waals surface area contributed by atoms with Gasteiger partial charge in [-0.05, 0) is 26.3 Å². The van der Waals surface area contributed by atoms with E-state index in [1.54, 1.807) is 0 Å². The van der Waals surface area contributed by atoms with Gasteiger partial charge in [-0.25, -0.2) is 0 Å². The molecule has 0 spiro atoms. The predicted octanol–water partition coefficient (Wildman–Crippen LogP) is 2.58. The summed E-state index contributed by atoms with van der Waals surface area (Å²) in [4.78, 5) is 12.8. The highest BCUT2D eigenvalue weighted by Gasteiger charge is 2.32. The molecular weight excluding hydrogens is 285 g/mol. The lowest BCUT2D eigenvalue weighted by atomic mass is 10.2. The van der Waals surface area contributed by atoms with E-state index in [1.165, 1.54) is 0 Å². The second-order valence-electron chi connectivity index (χ2n) is 5.19. The second-order valence-corrected chi connectivity index (χ2v) is 5.19. The molecule has 0 aromatic rings. The molecule has 0 radical (unpaired) electrons. The Balaban J connectivity index is 4.19. The molecule has 0 fully saturated rings. The zero-order valence-electron chi connectivity index (χ0n) is 13.1. The Labute approximate surface area is 125 Å². The molecule has 0 bridgehead atoms. The summed E-state index contributed by atoms with van der Waals surface area (Å²) in [6, 6.07) is 0.303. The fourth-order valence-electron chi connectivity index (χ4n) is 1.80. The Kier molecular flexibility index (Phi) is 10.4. The molecular formula is C14H27F3N2O2. The number of carbonyl (C=O) groups excluding carboxylic acids is 1. The van der Waals surface area contributed by atoms with E-state index in [1.807, 2.05) is 20.8 Å². The minimum atomic E-state index is -4.36. The molecule has 126 valence electrons. The highest BCUT2D eigenvalue weighted by Crippen LogP contribution is 2.17. The first-order chi connectivity index (χ1) is 9.76. The van der Waals surface area contributed by atoms with Gasteiger partial charge in [-0.3, -0.25) is 4.79 Å². The largest absolute Gasteiger partial charge is 0.406 e. The lowest BCUT2D eigenvalue weighted by molar-refractivity contribution is -0.161. The molecule has 0 rings (SSSR count). The van der Waals surface area contributed by atoms with Crippen molar-refractivity contribution < 1.29 is 22.7 Å². The third-order valence-electron chi connectivity index (χ3n) is 2.76. The van der Waals surface area contributed by atoms with Crippen LogP contribution in [0.25, 0.3) is 0 Å². The number of alkyl halides is 3. The molecule has 0 saturated carbocycles. The fourth-order valence-corrected chi connectivity index (χ4v) is 1.80. The van der Waals surface area contributed by atoms with Crippen molar-refractivity contribution in [3.63, 3.8) is 0 Å². The van der Waals surface area contributed by atoms with Crippen molar-refractivity contribution >= 4 is 5.91 Å². The smallest absolute Gasteiger partial charge is 0.382 e. The van der Waals surface area contributed by atoms with Gasteiger partial charge in [0.15, 0.2) is 0 Å². The SMILES string of the molecule is CCOCCCN(CC(F)(F)F)C(=O)CCCNC(C)C. The molecule has 21 heavy (non-hydrogen) atoms. The van der Waals surface area contributed by atoms with Crippen LogP contribution in [0.2, 0.25) is 0 Å². The van der Waals surface area contributed by atoms with Crippen LogP contribution in [0.4, 0.5) is 13.2 Å². The predicted molar refractivity (Wildman–Crippen MR) is 76.1 cm³/mol. The second kappa shape index (κ2) is 10.8. The number of nitrogens with zero attached hydrogens (tertiary/aromatic N) is 1. The van der Waals surface area contributed by atoms with Crippen LogP contribution in [0.3, 0.4) is 0 Å². The maximum atomic E-state index is 12.5. The standard InChI is InChI=1S/C14H27F3N2O2/c1-4-21-10-6-9-19(11-14(15,16)17)13(20)7-5-8-18-12(2)3/h12,18H,4-11H2,1-3H3. The van der Waals surface area contributed by atoms with E-state index in [-0.39, 0.29) is 13.0 Å². The van der Waals surface area contributed by atoms with Crippen molar-refractivity contribution in [3.05, 3.63) is 0 Å². The molecule has 1 N–H and O–H groups in total.